The molecule has 0 saturated heterocycles. The second kappa shape index (κ2) is 8.46. The lowest BCUT2D eigenvalue weighted by atomic mass is 10.1. The number of aryl methyl sites for hydroxylation is 2. The Morgan fingerprint density at radius 1 is 1.13 bits per heavy atom. The first-order chi connectivity index (χ1) is 14.6. The Bertz CT molecular complexity index is 1150. The maximum absolute atomic E-state index is 13.2. The minimum absolute atomic E-state index is 0.198. The second-order valence-corrected chi connectivity index (χ2v) is 7.72. The average molecular weight is 420 g/mol. The summed E-state index contributed by atoms with van der Waals surface area (Å²) in [5, 5.41) is 3.84. The average Bonchev–Trinajstić information content (AvgIpc) is 3.38. The van der Waals surface area contributed by atoms with Gasteiger partial charge in [-0.15, -0.1) is 11.3 Å². The van der Waals surface area contributed by atoms with E-state index in [-0.39, 0.29) is 5.91 Å². The molecule has 0 aliphatic rings. The summed E-state index contributed by atoms with van der Waals surface area (Å²) < 4.78 is 7.15. The van der Waals surface area contributed by atoms with Crippen LogP contribution < -0.4 is 10.1 Å². The molecule has 3 aromatic heterocycles. The zero-order chi connectivity index (χ0) is 21.1. The van der Waals surface area contributed by atoms with Crippen LogP contribution in [0.4, 0.5) is 0 Å². The lowest BCUT2D eigenvalue weighted by Crippen LogP contribution is -2.31. The van der Waals surface area contributed by atoms with Crippen LogP contribution in [0.1, 0.15) is 32.8 Å². The lowest BCUT2D eigenvalue weighted by Gasteiger charge is -2.19. The minimum atomic E-state index is -0.414. The predicted octanol–water partition coefficient (Wildman–Crippen LogP) is 3.78. The van der Waals surface area contributed by atoms with Crippen LogP contribution in [-0.2, 0) is 7.05 Å². The fourth-order valence-electron chi connectivity index (χ4n) is 3.15. The van der Waals surface area contributed by atoms with E-state index >= 15 is 0 Å². The summed E-state index contributed by atoms with van der Waals surface area (Å²) in [7, 11) is 3.53. The topological polar surface area (TPSA) is 81.9 Å². The van der Waals surface area contributed by atoms with Crippen molar-refractivity contribution in [2.24, 2.45) is 7.05 Å². The van der Waals surface area contributed by atoms with Crippen LogP contribution in [0.5, 0.6) is 5.75 Å². The van der Waals surface area contributed by atoms with Crippen molar-refractivity contribution in [3.05, 3.63) is 83.0 Å². The highest BCUT2D eigenvalue weighted by Crippen LogP contribution is 2.28. The van der Waals surface area contributed by atoms with E-state index in [4.69, 9.17) is 4.74 Å². The summed E-state index contributed by atoms with van der Waals surface area (Å²) in [6.45, 7) is 1.83. The van der Waals surface area contributed by atoms with Crippen molar-refractivity contribution in [2.75, 3.05) is 7.11 Å². The molecule has 1 amide bonds. The second-order valence-electron chi connectivity index (χ2n) is 6.72. The van der Waals surface area contributed by atoms with Gasteiger partial charge in [-0.1, -0.05) is 18.2 Å². The number of ether oxygens (including phenoxy) is 1. The third kappa shape index (κ3) is 3.95. The largest absolute Gasteiger partial charge is 0.497 e. The monoisotopic (exact) mass is 419 g/mol. The number of thiazole rings is 1. The number of rotatable bonds is 6. The smallest absolute Gasteiger partial charge is 0.264 e. The first-order valence-corrected chi connectivity index (χ1v) is 10.2. The molecule has 1 N–H and O–H groups in total. The number of methoxy groups -OCH3 is 1. The van der Waals surface area contributed by atoms with Gasteiger partial charge in [-0.25, -0.2) is 9.97 Å². The molecule has 1 atom stereocenters. The van der Waals surface area contributed by atoms with E-state index in [1.54, 1.807) is 19.5 Å². The Morgan fingerprint density at radius 2 is 1.93 bits per heavy atom. The predicted molar refractivity (Wildman–Crippen MR) is 116 cm³/mol. The first-order valence-electron chi connectivity index (χ1n) is 9.37. The molecule has 0 unspecified atom stereocenters. The van der Waals surface area contributed by atoms with Crippen LogP contribution in [0.25, 0.3) is 10.7 Å². The van der Waals surface area contributed by atoms with Crippen LogP contribution in [0.3, 0.4) is 0 Å². The van der Waals surface area contributed by atoms with Gasteiger partial charge in [-0.3, -0.25) is 9.78 Å². The summed E-state index contributed by atoms with van der Waals surface area (Å²) in [6, 6.07) is 12.8. The van der Waals surface area contributed by atoms with E-state index in [0.717, 1.165) is 27.8 Å². The fourth-order valence-corrected chi connectivity index (χ4v) is 4.10. The molecule has 0 saturated carbocycles. The Balaban J connectivity index is 1.65. The standard InChI is InChI=1S/C22H21N5O2S/c1-14-19(30-22(25-14)17-6-4-5-11-23-17)21(28)26-18(20-24-12-13-27(20)2)15-7-9-16(29-3)10-8-15/h4-13,18H,1-3H3,(H,26,28)/t18-/m1/s1. The SMILES string of the molecule is COc1ccc([C@@H](NC(=O)c2sc(-c3ccccn3)nc2C)c2nccn2C)cc1. The van der Waals surface area contributed by atoms with Crippen molar-refractivity contribution >= 4 is 17.2 Å². The molecule has 0 aliphatic heterocycles. The molecular weight excluding hydrogens is 398 g/mol. The minimum Gasteiger partial charge on any atom is -0.497 e. The summed E-state index contributed by atoms with van der Waals surface area (Å²) in [6.07, 6.45) is 5.29. The summed E-state index contributed by atoms with van der Waals surface area (Å²) in [5.41, 5.74) is 2.33. The van der Waals surface area contributed by atoms with Gasteiger partial charge in [0.2, 0.25) is 0 Å². The van der Waals surface area contributed by atoms with Gasteiger partial charge in [0.1, 0.15) is 27.5 Å². The number of aromatic nitrogens is 4. The van der Waals surface area contributed by atoms with Gasteiger partial charge < -0.3 is 14.6 Å². The fraction of sp³-hybridized carbons (Fsp3) is 0.182. The van der Waals surface area contributed by atoms with Crippen LogP contribution in [-0.4, -0.2) is 32.5 Å². The molecule has 4 rings (SSSR count). The zero-order valence-electron chi connectivity index (χ0n) is 16.9. The van der Waals surface area contributed by atoms with Crippen LogP contribution >= 0.6 is 11.3 Å². The van der Waals surface area contributed by atoms with Gasteiger partial charge >= 0.3 is 0 Å². The highest BCUT2D eigenvalue weighted by Gasteiger charge is 2.24. The van der Waals surface area contributed by atoms with Gasteiger partial charge in [-0.2, -0.15) is 0 Å². The van der Waals surface area contributed by atoms with Crippen LogP contribution in [0.2, 0.25) is 0 Å². The van der Waals surface area contributed by atoms with Crippen LogP contribution in [0.15, 0.2) is 61.1 Å². The normalized spacial score (nSPS) is 11.8. The Labute approximate surface area is 178 Å². The van der Waals surface area contributed by atoms with Crippen molar-refractivity contribution in [1.82, 2.24) is 24.8 Å². The van der Waals surface area contributed by atoms with Crippen molar-refractivity contribution in [1.29, 1.82) is 0 Å². The maximum Gasteiger partial charge on any atom is 0.264 e. The molecule has 1 aromatic carbocycles. The highest BCUT2D eigenvalue weighted by molar-refractivity contribution is 7.17. The molecule has 0 fully saturated rings. The molecule has 7 nitrogen and oxygen atoms in total. The number of nitrogens with zero attached hydrogens (tertiary/aromatic N) is 4. The maximum atomic E-state index is 13.2. The molecule has 0 radical (unpaired) electrons. The van der Waals surface area contributed by atoms with E-state index in [2.05, 4.69) is 20.3 Å². The number of benzene rings is 1. The summed E-state index contributed by atoms with van der Waals surface area (Å²) in [4.78, 5) is 27.1. The number of amides is 1. The third-order valence-corrected chi connectivity index (χ3v) is 5.91. The lowest BCUT2D eigenvalue weighted by molar-refractivity contribution is 0.0944. The van der Waals surface area contributed by atoms with Crippen molar-refractivity contribution in [3.63, 3.8) is 0 Å². The van der Waals surface area contributed by atoms with Gasteiger partial charge in [-0.05, 0) is 36.8 Å². The number of hydrogen-bond acceptors (Lipinski definition) is 6. The quantitative estimate of drug-likeness (QED) is 0.514. The van der Waals surface area contributed by atoms with E-state index in [1.165, 1.54) is 11.3 Å². The van der Waals surface area contributed by atoms with Crippen molar-refractivity contribution in [3.8, 4) is 16.5 Å². The van der Waals surface area contributed by atoms with Gasteiger partial charge in [0.05, 0.1) is 18.5 Å². The number of nitrogens with one attached hydrogen (secondary N) is 1. The molecule has 152 valence electrons. The molecule has 30 heavy (non-hydrogen) atoms. The highest BCUT2D eigenvalue weighted by atomic mass is 32.1. The van der Waals surface area contributed by atoms with Crippen molar-refractivity contribution < 1.29 is 9.53 Å². The summed E-state index contributed by atoms with van der Waals surface area (Å²) >= 11 is 1.33. The number of carbonyl (C=O) groups is 1. The molecule has 0 bridgehead atoms. The van der Waals surface area contributed by atoms with Gasteiger partial charge in [0.25, 0.3) is 5.91 Å². The third-order valence-electron chi connectivity index (χ3n) is 4.73. The Kier molecular flexibility index (Phi) is 5.58. The number of pyridine rings is 1. The number of carbonyl (C=O) groups excluding carboxylic acids is 1. The number of hydrogen-bond donors (Lipinski definition) is 1. The Hall–Kier alpha value is -3.52. The van der Waals surface area contributed by atoms with E-state index < -0.39 is 6.04 Å². The van der Waals surface area contributed by atoms with E-state index in [1.807, 2.05) is 67.2 Å². The zero-order valence-corrected chi connectivity index (χ0v) is 17.7. The molecule has 3 heterocycles. The molecular formula is C22H21N5O2S. The van der Waals surface area contributed by atoms with Crippen molar-refractivity contribution in [2.45, 2.75) is 13.0 Å². The van der Waals surface area contributed by atoms with Crippen LogP contribution in [0, 0.1) is 6.92 Å². The summed E-state index contributed by atoms with van der Waals surface area (Å²) in [5.74, 6) is 1.29. The van der Waals surface area contributed by atoms with Gasteiger partial charge in [0, 0.05) is 25.6 Å². The van der Waals surface area contributed by atoms with Gasteiger partial charge in [0.15, 0.2) is 0 Å². The molecule has 8 heteroatoms. The van der Waals surface area contributed by atoms with E-state index in [9.17, 15) is 4.79 Å². The molecule has 4 aromatic rings. The molecule has 0 aliphatic carbocycles. The Morgan fingerprint density at radius 3 is 2.57 bits per heavy atom. The van der Waals surface area contributed by atoms with E-state index in [0.29, 0.717) is 10.6 Å². The first kappa shape index (κ1) is 19.8. The number of imidazole rings is 1. The molecule has 0 spiro atoms.